The van der Waals surface area contributed by atoms with Crippen molar-refractivity contribution in [2.75, 3.05) is 25.1 Å². The van der Waals surface area contributed by atoms with Crippen LogP contribution < -0.4 is 20.8 Å². The maximum absolute atomic E-state index is 12.9. The van der Waals surface area contributed by atoms with Gasteiger partial charge in [-0.2, -0.15) is 0 Å². The SMILES string of the molecule is CSNc1cccc(Cc2c(CC(N)=O)c3cc(CO)c(OC(=O)N(C)C)cc3oc2=O)c1. The summed E-state index contributed by atoms with van der Waals surface area (Å²) in [6.45, 7) is -0.432. The van der Waals surface area contributed by atoms with E-state index in [0.717, 1.165) is 11.3 Å². The number of ether oxygens (including phenoxy) is 1. The molecule has 0 bridgehead atoms. The van der Waals surface area contributed by atoms with Crippen molar-refractivity contribution in [1.82, 2.24) is 4.90 Å². The first-order valence-electron chi connectivity index (χ1n) is 10.0. The topological polar surface area (TPSA) is 135 Å². The molecule has 1 heterocycles. The molecule has 0 radical (unpaired) electrons. The van der Waals surface area contributed by atoms with E-state index in [4.69, 9.17) is 14.9 Å². The highest BCUT2D eigenvalue weighted by Gasteiger charge is 2.20. The Morgan fingerprint density at radius 3 is 2.61 bits per heavy atom. The first kappa shape index (κ1) is 24.1. The number of carbonyl (C=O) groups is 2. The number of nitrogens with zero attached hydrogens (tertiary/aromatic N) is 1. The molecule has 4 N–H and O–H groups in total. The van der Waals surface area contributed by atoms with Gasteiger partial charge < -0.3 is 29.6 Å². The summed E-state index contributed by atoms with van der Waals surface area (Å²) in [5, 5.41) is 10.3. The third kappa shape index (κ3) is 5.65. The minimum atomic E-state index is -0.654. The van der Waals surface area contributed by atoms with Crippen molar-refractivity contribution in [2.24, 2.45) is 5.73 Å². The van der Waals surface area contributed by atoms with E-state index < -0.39 is 24.2 Å². The van der Waals surface area contributed by atoms with Crippen LogP contribution in [0.3, 0.4) is 0 Å². The van der Waals surface area contributed by atoms with Gasteiger partial charge in [-0.25, -0.2) is 9.59 Å². The molecule has 10 heteroatoms. The maximum Gasteiger partial charge on any atom is 0.414 e. The lowest BCUT2D eigenvalue weighted by molar-refractivity contribution is -0.117. The smallest absolute Gasteiger partial charge is 0.414 e. The average molecular weight is 472 g/mol. The van der Waals surface area contributed by atoms with Crippen molar-refractivity contribution < 1.29 is 23.8 Å². The molecule has 33 heavy (non-hydrogen) atoms. The van der Waals surface area contributed by atoms with Crippen LogP contribution in [0.4, 0.5) is 10.5 Å². The molecular weight excluding hydrogens is 446 g/mol. The zero-order chi connectivity index (χ0) is 24.1. The first-order chi connectivity index (χ1) is 15.7. The van der Waals surface area contributed by atoms with Crippen LogP contribution in [0.25, 0.3) is 11.0 Å². The van der Waals surface area contributed by atoms with Crippen LogP contribution in [0, 0.1) is 0 Å². The highest BCUT2D eigenvalue weighted by molar-refractivity contribution is 7.99. The summed E-state index contributed by atoms with van der Waals surface area (Å²) >= 11 is 1.44. The van der Waals surface area contributed by atoms with Crippen molar-refractivity contribution in [3.63, 3.8) is 0 Å². The Morgan fingerprint density at radius 2 is 1.97 bits per heavy atom. The molecule has 2 aromatic carbocycles. The maximum atomic E-state index is 12.9. The number of fused-ring (bicyclic) bond motifs is 1. The van der Waals surface area contributed by atoms with E-state index in [1.54, 1.807) is 6.07 Å². The Balaban J connectivity index is 2.17. The van der Waals surface area contributed by atoms with Gasteiger partial charge in [-0.15, -0.1) is 0 Å². The molecule has 174 valence electrons. The fraction of sp³-hybridized carbons (Fsp3) is 0.261. The lowest BCUT2D eigenvalue weighted by Crippen LogP contribution is -2.25. The zero-order valence-corrected chi connectivity index (χ0v) is 19.3. The number of anilines is 1. The van der Waals surface area contributed by atoms with E-state index in [2.05, 4.69) is 4.72 Å². The van der Waals surface area contributed by atoms with E-state index in [-0.39, 0.29) is 24.2 Å². The minimum Gasteiger partial charge on any atom is -0.422 e. The van der Waals surface area contributed by atoms with E-state index in [1.807, 2.05) is 30.5 Å². The highest BCUT2D eigenvalue weighted by Crippen LogP contribution is 2.30. The second kappa shape index (κ2) is 10.4. The second-order valence-electron chi connectivity index (χ2n) is 7.55. The fourth-order valence-corrected chi connectivity index (χ4v) is 3.76. The van der Waals surface area contributed by atoms with E-state index in [0.29, 0.717) is 22.1 Å². The number of hydrogen-bond acceptors (Lipinski definition) is 8. The van der Waals surface area contributed by atoms with Crippen LogP contribution in [0.2, 0.25) is 0 Å². The monoisotopic (exact) mass is 471 g/mol. The molecule has 0 fully saturated rings. The van der Waals surface area contributed by atoms with Gasteiger partial charge >= 0.3 is 11.7 Å². The summed E-state index contributed by atoms with van der Waals surface area (Å²) in [6, 6.07) is 10.4. The van der Waals surface area contributed by atoms with Crippen LogP contribution in [0.1, 0.15) is 22.3 Å². The second-order valence-corrected chi connectivity index (χ2v) is 8.16. The lowest BCUT2D eigenvalue weighted by atomic mass is 9.95. The predicted molar refractivity (Wildman–Crippen MR) is 127 cm³/mol. The van der Waals surface area contributed by atoms with Gasteiger partial charge in [0.05, 0.1) is 13.0 Å². The predicted octanol–water partition coefficient (Wildman–Crippen LogP) is 2.65. The average Bonchev–Trinajstić information content (AvgIpc) is 2.76. The van der Waals surface area contributed by atoms with Gasteiger partial charge in [0.2, 0.25) is 5.91 Å². The Bertz CT molecular complexity index is 1250. The minimum absolute atomic E-state index is 0.0560. The standard InChI is InChI=1S/C23H25N3O6S/c1-26(2)23(30)32-19-11-20-17(9-14(19)12-27)16(10-21(24)28)18(22(29)31-20)8-13-5-4-6-15(7-13)25-33-3/h4-7,9,11,25,27H,8,10,12H2,1-3H3,(H2,24,28). The van der Waals surface area contributed by atoms with Crippen LogP contribution in [-0.2, 0) is 24.2 Å². The molecule has 0 saturated heterocycles. The number of hydrogen-bond donors (Lipinski definition) is 3. The third-order valence-electron chi connectivity index (χ3n) is 4.91. The van der Waals surface area contributed by atoms with Crippen molar-refractivity contribution in [2.45, 2.75) is 19.4 Å². The Morgan fingerprint density at radius 1 is 1.21 bits per heavy atom. The van der Waals surface area contributed by atoms with Gasteiger partial charge in [-0.05, 0) is 29.3 Å². The summed E-state index contributed by atoms with van der Waals surface area (Å²) < 4.78 is 14.0. The Labute approximate surface area is 194 Å². The number of nitrogens with two attached hydrogens (primary N) is 1. The number of aliphatic hydroxyl groups is 1. The van der Waals surface area contributed by atoms with Crippen molar-refractivity contribution in [1.29, 1.82) is 0 Å². The molecule has 0 saturated carbocycles. The number of rotatable bonds is 8. The number of amides is 2. The number of benzene rings is 2. The summed E-state index contributed by atoms with van der Waals surface area (Å²) in [7, 11) is 3.03. The summed E-state index contributed by atoms with van der Waals surface area (Å²) in [5.74, 6) is -0.560. The number of carbonyl (C=O) groups excluding carboxylic acids is 2. The van der Waals surface area contributed by atoms with Gasteiger partial charge in [-0.1, -0.05) is 24.1 Å². The summed E-state index contributed by atoms with van der Waals surface area (Å²) in [4.78, 5) is 38.0. The lowest BCUT2D eigenvalue weighted by Gasteiger charge is -2.16. The van der Waals surface area contributed by atoms with Crippen LogP contribution in [-0.4, -0.2) is 42.4 Å². The molecule has 0 aliphatic heterocycles. The van der Waals surface area contributed by atoms with Crippen LogP contribution in [0.5, 0.6) is 5.75 Å². The third-order valence-corrected chi connectivity index (χ3v) is 5.35. The van der Waals surface area contributed by atoms with Gasteiger partial charge in [0.25, 0.3) is 0 Å². The zero-order valence-electron chi connectivity index (χ0n) is 18.5. The van der Waals surface area contributed by atoms with Gasteiger partial charge in [0, 0.05) is 55.0 Å². The van der Waals surface area contributed by atoms with Gasteiger partial charge in [0.1, 0.15) is 11.3 Å². The molecular formula is C23H25N3O6S. The molecule has 0 atom stereocenters. The summed E-state index contributed by atoms with van der Waals surface area (Å²) in [5.41, 5.74) is 7.70. The molecule has 3 rings (SSSR count). The van der Waals surface area contributed by atoms with Crippen LogP contribution >= 0.6 is 11.9 Å². The molecule has 0 aliphatic rings. The van der Waals surface area contributed by atoms with Crippen molar-refractivity contribution >= 4 is 40.6 Å². The normalized spacial score (nSPS) is 10.8. The summed E-state index contributed by atoms with van der Waals surface area (Å²) in [6.07, 6.45) is 1.27. The van der Waals surface area contributed by atoms with E-state index in [9.17, 15) is 19.5 Å². The molecule has 9 nitrogen and oxygen atoms in total. The molecule has 1 aromatic heterocycles. The Hall–Kier alpha value is -3.50. The van der Waals surface area contributed by atoms with E-state index >= 15 is 0 Å². The molecule has 0 spiro atoms. The fourth-order valence-electron chi connectivity index (χ4n) is 3.40. The first-order valence-corrected chi connectivity index (χ1v) is 11.2. The highest BCUT2D eigenvalue weighted by atomic mass is 32.2. The molecule has 2 amide bonds. The van der Waals surface area contributed by atoms with Crippen molar-refractivity contribution in [3.8, 4) is 5.75 Å². The largest absolute Gasteiger partial charge is 0.422 e. The van der Waals surface area contributed by atoms with Crippen molar-refractivity contribution in [3.05, 3.63) is 69.1 Å². The van der Waals surface area contributed by atoms with Gasteiger partial charge in [-0.3, -0.25) is 4.79 Å². The number of nitrogens with one attached hydrogen (secondary N) is 1. The molecule has 0 unspecified atom stereocenters. The van der Waals surface area contributed by atoms with Gasteiger partial charge in [0.15, 0.2) is 0 Å². The number of aliphatic hydroxyl groups excluding tert-OH is 1. The Kier molecular flexibility index (Phi) is 7.62. The van der Waals surface area contributed by atoms with E-state index in [1.165, 1.54) is 37.0 Å². The quantitative estimate of drug-likeness (QED) is 0.337. The molecule has 0 aliphatic carbocycles. The van der Waals surface area contributed by atoms with Crippen LogP contribution in [0.15, 0.2) is 45.6 Å². The number of primary amides is 1. The molecule has 3 aromatic rings.